The number of benzene rings is 1. The van der Waals surface area contributed by atoms with E-state index in [1.807, 2.05) is 0 Å². The number of non-ortho nitro benzene ring substituents is 1. The van der Waals surface area contributed by atoms with Crippen LogP contribution in [0.3, 0.4) is 0 Å². The van der Waals surface area contributed by atoms with Crippen LogP contribution in [0.1, 0.15) is 18.7 Å². The van der Waals surface area contributed by atoms with E-state index in [9.17, 15) is 14.9 Å². The van der Waals surface area contributed by atoms with E-state index >= 15 is 0 Å². The molecule has 0 radical (unpaired) electrons. The van der Waals surface area contributed by atoms with Crippen LogP contribution >= 0.6 is 11.8 Å². The summed E-state index contributed by atoms with van der Waals surface area (Å²) in [6.07, 6.45) is 2.14. The Morgan fingerprint density at radius 3 is 2.89 bits per heavy atom. The maximum absolute atomic E-state index is 12.0. The van der Waals surface area contributed by atoms with E-state index in [0.29, 0.717) is 23.3 Å². The second-order valence-electron chi connectivity index (χ2n) is 6.23. The fraction of sp³-hybridized carbons (Fsp3) is 0.471. The van der Waals surface area contributed by atoms with Crippen molar-refractivity contribution in [3.63, 3.8) is 0 Å². The van der Waals surface area contributed by atoms with Gasteiger partial charge < -0.3 is 19.4 Å². The number of aromatic nitrogens is 3. The summed E-state index contributed by atoms with van der Waals surface area (Å²) in [6, 6.07) is 5.82. The average molecular weight is 407 g/mol. The first-order valence-electron chi connectivity index (χ1n) is 8.79. The molecule has 0 aliphatic carbocycles. The molecule has 10 nitrogen and oxygen atoms in total. The van der Waals surface area contributed by atoms with E-state index in [-0.39, 0.29) is 30.1 Å². The van der Waals surface area contributed by atoms with Gasteiger partial charge in [-0.25, -0.2) is 0 Å². The van der Waals surface area contributed by atoms with Crippen molar-refractivity contribution in [2.45, 2.75) is 30.7 Å². The molecule has 11 heteroatoms. The number of carbonyl (C=O) groups is 1. The number of hydrogen-bond acceptors (Lipinski definition) is 8. The summed E-state index contributed by atoms with van der Waals surface area (Å²) in [5.74, 6) is 1.24. The zero-order valence-electron chi connectivity index (χ0n) is 15.4. The van der Waals surface area contributed by atoms with Gasteiger partial charge in [-0.15, -0.1) is 10.2 Å². The lowest BCUT2D eigenvalue weighted by Crippen LogP contribution is -2.32. The molecule has 1 N–H and O–H groups in total. The largest absolute Gasteiger partial charge is 0.486 e. The van der Waals surface area contributed by atoms with Gasteiger partial charge in [-0.05, 0) is 25.0 Å². The van der Waals surface area contributed by atoms with Crippen molar-refractivity contribution in [2.24, 2.45) is 7.05 Å². The topological polar surface area (TPSA) is 121 Å². The number of nitrogens with one attached hydrogen (secondary N) is 1. The predicted octanol–water partition coefficient (Wildman–Crippen LogP) is 1.69. The lowest BCUT2D eigenvalue weighted by molar-refractivity contribution is -0.384. The maximum atomic E-state index is 12.0. The monoisotopic (exact) mass is 407 g/mol. The molecule has 1 atom stereocenters. The molecule has 2 heterocycles. The van der Waals surface area contributed by atoms with E-state index in [4.69, 9.17) is 9.47 Å². The second-order valence-corrected chi connectivity index (χ2v) is 7.17. The number of nitrogens with zero attached hydrogens (tertiary/aromatic N) is 4. The van der Waals surface area contributed by atoms with Gasteiger partial charge in [-0.2, -0.15) is 0 Å². The van der Waals surface area contributed by atoms with Crippen molar-refractivity contribution in [3.05, 3.63) is 40.2 Å². The summed E-state index contributed by atoms with van der Waals surface area (Å²) in [7, 11) is 1.79. The standard InChI is InChI=1S/C17H21N5O5S/c1-21-15(10-27-13-6-4-12(5-7-13)22(24)25)19-20-17(21)28-11-16(23)18-9-14-3-2-8-26-14/h4-7,14H,2-3,8-11H2,1H3,(H,18,23)/t14-/m0/s1. The quantitative estimate of drug-likeness (QED) is 0.379. The summed E-state index contributed by atoms with van der Waals surface area (Å²) < 4.78 is 12.8. The first-order valence-corrected chi connectivity index (χ1v) is 9.78. The van der Waals surface area contributed by atoms with E-state index in [1.54, 1.807) is 11.6 Å². The number of ether oxygens (including phenoxy) is 2. The van der Waals surface area contributed by atoms with Gasteiger partial charge in [-0.3, -0.25) is 14.9 Å². The first kappa shape index (κ1) is 20.1. The minimum absolute atomic E-state index is 0.00228. The summed E-state index contributed by atoms with van der Waals surface area (Å²) in [5.41, 5.74) is 0.00228. The van der Waals surface area contributed by atoms with Crippen molar-refractivity contribution in [1.29, 1.82) is 0 Å². The fourth-order valence-electron chi connectivity index (χ4n) is 2.62. The van der Waals surface area contributed by atoms with E-state index in [1.165, 1.54) is 36.0 Å². The molecular formula is C17H21N5O5S. The van der Waals surface area contributed by atoms with Gasteiger partial charge in [0.15, 0.2) is 11.0 Å². The Labute approximate surface area is 165 Å². The van der Waals surface area contributed by atoms with Crippen LogP contribution < -0.4 is 10.1 Å². The molecule has 3 rings (SSSR count). The highest BCUT2D eigenvalue weighted by Crippen LogP contribution is 2.20. The molecule has 1 aromatic heterocycles. The fourth-order valence-corrected chi connectivity index (χ4v) is 3.38. The van der Waals surface area contributed by atoms with Gasteiger partial charge in [0.1, 0.15) is 12.4 Å². The molecule has 2 aromatic rings. The van der Waals surface area contributed by atoms with Crippen LogP contribution in [0.5, 0.6) is 5.75 Å². The van der Waals surface area contributed by atoms with Crippen molar-refractivity contribution >= 4 is 23.4 Å². The molecule has 150 valence electrons. The number of carbonyl (C=O) groups excluding carboxylic acids is 1. The Balaban J connectivity index is 1.45. The number of nitro benzene ring substituents is 1. The Bertz CT molecular complexity index is 820. The molecule has 1 aliphatic rings. The molecule has 28 heavy (non-hydrogen) atoms. The minimum atomic E-state index is -0.465. The summed E-state index contributed by atoms with van der Waals surface area (Å²) in [5, 5.41) is 22.3. The van der Waals surface area contributed by atoms with Crippen LogP contribution in [0, 0.1) is 10.1 Å². The number of amides is 1. The first-order chi connectivity index (χ1) is 13.5. The second kappa shape index (κ2) is 9.51. The zero-order chi connectivity index (χ0) is 19.9. The van der Waals surface area contributed by atoms with E-state index < -0.39 is 4.92 Å². The highest BCUT2D eigenvalue weighted by Gasteiger charge is 2.17. The third-order valence-electron chi connectivity index (χ3n) is 4.22. The van der Waals surface area contributed by atoms with Gasteiger partial charge in [0.25, 0.3) is 5.69 Å². The Kier molecular flexibility index (Phi) is 6.82. The number of rotatable bonds is 9. The highest BCUT2D eigenvalue weighted by molar-refractivity contribution is 7.99. The van der Waals surface area contributed by atoms with Crippen LogP contribution in [0.2, 0.25) is 0 Å². The average Bonchev–Trinajstić information content (AvgIpc) is 3.33. The molecule has 1 aliphatic heterocycles. The van der Waals surface area contributed by atoms with Crippen molar-refractivity contribution < 1.29 is 19.2 Å². The molecule has 0 spiro atoms. The number of hydrogen-bond donors (Lipinski definition) is 1. The van der Waals surface area contributed by atoms with Crippen molar-refractivity contribution in [3.8, 4) is 5.75 Å². The molecule has 1 amide bonds. The number of thioether (sulfide) groups is 1. The smallest absolute Gasteiger partial charge is 0.269 e. The zero-order valence-corrected chi connectivity index (χ0v) is 16.2. The normalized spacial score (nSPS) is 16.1. The maximum Gasteiger partial charge on any atom is 0.269 e. The lowest BCUT2D eigenvalue weighted by Gasteiger charge is -2.10. The van der Waals surface area contributed by atoms with Crippen LogP contribution in [0.4, 0.5) is 5.69 Å². The molecular weight excluding hydrogens is 386 g/mol. The Morgan fingerprint density at radius 1 is 1.43 bits per heavy atom. The molecule has 1 fully saturated rings. The van der Waals surface area contributed by atoms with Gasteiger partial charge in [0.05, 0.1) is 16.8 Å². The predicted molar refractivity (Wildman–Crippen MR) is 101 cm³/mol. The van der Waals surface area contributed by atoms with Crippen LogP contribution in [-0.2, 0) is 23.2 Å². The number of nitro groups is 1. The van der Waals surface area contributed by atoms with Gasteiger partial charge in [-0.1, -0.05) is 11.8 Å². The Morgan fingerprint density at radius 2 is 2.21 bits per heavy atom. The van der Waals surface area contributed by atoms with Gasteiger partial charge >= 0.3 is 0 Å². The third kappa shape index (κ3) is 5.42. The molecule has 0 bridgehead atoms. The van der Waals surface area contributed by atoms with Crippen LogP contribution in [-0.4, -0.2) is 50.6 Å². The summed E-state index contributed by atoms with van der Waals surface area (Å²) >= 11 is 1.29. The van der Waals surface area contributed by atoms with E-state index in [0.717, 1.165) is 19.4 Å². The van der Waals surface area contributed by atoms with Crippen molar-refractivity contribution in [1.82, 2.24) is 20.1 Å². The Hall–Kier alpha value is -2.66. The van der Waals surface area contributed by atoms with Crippen LogP contribution in [0.15, 0.2) is 29.4 Å². The van der Waals surface area contributed by atoms with Crippen molar-refractivity contribution in [2.75, 3.05) is 18.9 Å². The summed E-state index contributed by atoms with van der Waals surface area (Å²) in [4.78, 5) is 22.2. The third-order valence-corrected chi connectivity index (χ3v) is 5.24. The van der Waals surface area contributed by atoms with E-state index in [2.05, 4.69) is 15.5 Å². The van der Waals surface area contributed by atoms with Gasteiger partial charge in [0, 0.05) is 32.3 Å². The lowest BCUT2D eigenvalue weighted by atomic mass is 10.2. The highest BCUT2D eigenvalue weighted by atomic mass is 32.2. The molecule has 1 aromatic carbocycles. The molecule has 0 saturated carbocycles. The summed E-state index contributed by atoms with van der Waals surface area (Å²) in [6.45, 7) is 1.46. The van der Waals surface area contributed by atoms with Crippen LogP contribution in [0.25, 0.3) is 0 Å². The molecule has 1 saturated heterocycles. The molecule has 0 unspecified atom stereocenters. The van der Waals surface area contributed by atoms with Gasteiger partial charge in [0.2, 0.25) is 5.91 Å². The minimum Gasteiger partial charge on any atom is -0.486 e. The SMILES string of the molecule is Cn1c(COc2ccc([N+](=O)[O-])cc2)nnc1SCC(=O)NC[C@@H]1CCCO1.